The van der Waals surface area contributed by atoms with Gasteiger partial charge in [0.15, 0.2) is 0 Å². The Balaban J connectivity index is 1.31. The van der Waals surface area contributed by atoms with Crippen LogP contribution in [-0.2, 0) is 4.79 Å². The number of aryl methyl sites for hydroxylation is 2. The quantitative estimate of drug-likeness (QED) is 0.552. The van der Waals surface area contributed by atoms with Gasteiger partial charge in [-0.15, -0.1) is 0 Å². The van der Waals surface area contributed by atoms with Gasteiger partial charge in [-0.1, -0.05) is 47.5 Å². The number of piperazine rings is 1. The lowest BCUT2D eigenvalue weighted by Gasteiger charge is -2.38. The molecule has 3 aromatic rings. The number of halogens is 1. The van der Waals surface area contributed by atoms with Crippen LogP contribution in [-0.4, -0.2) is 53.9 Å². The number of hydrogen-bond donors (Lipinski definition) is 2. The summed E-state index contributed by atoms with van der Waals surface area (Å²) in [5.41, 5.74) is 5.25. The Morgan fingerprint density at radius 1 is 0.914 bits per heavy atom. The molecule has 2 N–H and O–H groups in total. The molecule has 0 spiro atoms. The number of anilines is 2. The summed E-state index contributed by atoms with van der Waals surface area (Å²) in [6.07, 6.45) is -0.110. The molecule has 1 amide bonds. The predicted octanol–water partition coefficient (Wildman–Crippen LogP) is 4.59. The molecule has 1 fully saturated rings. The van der Waals surface area contributed by atoms with Crippen LogP contribution in [0.4, 0.5) is 15.8 Å². The summed E-state index contributed by atoms with van der Waals surface area (Å²) < 4.78 is 13.6. The van der Waals surface area contributed by atoms with Gasteiger partial charge in [0.2, 0.25) is 5.91 Å². The molecule has 5 rings (SSSR count). The first kappa shape index (κ1) is 22.9. The molecule has 2 heterocycles. The highest BCUT2D eigenvalue weighted by Gasteiger charge is 2.40. The average molecular weight is 472 g/mol. The van der Waals surface area contributed by atoms with Crippen molar-refractivity contribution in [2.45, 2.75) is 26.1 Å². The minimum absolute atomic E-state index is 0.0428. The summed E-state index contributed by atoms with van der Waals surface area (Å²) >= 11 is 0. The van der Waals surface area contributed by atoms with Gasteiger partial charge in [-0.2, -0.15) is 0 Å². The van der Waals surface area contributed by atoms with E-state index in [2.05, 4.69) is 46.7 Å². The summed E-state index contributed by atoms with van der Waals surface area (Å²) in [5.74, 6) is 0.651. The summed E-state index contributed by atoms with van der Waals surface area (Å²) in [6, 6.07) is 22.6. The molecule has 0 aromatic heterocycles. The van der Waals surface area contributed by atoms with Crippen molar-refractivity contribution in [2.75, 3.05) is 36.8 Å². The Bertz CT molecular complexity index is 1210. The number of carbonyl (C=O) groups is 1. The highest BCUT2D eigenvalue weighted by molar-refractivity contribution is 5.92. The maximum absolute atomic E-state index is 13.6. The Kier molecular flexibility index (Phi) is 6.40. The van der Waals surface area contributed by atoms with Gasteiger partial charge < -0.3 is 20.4 Å². The molecule has 35 heavy (non-hydrogen) atoms. The van der Waals surface area contributed by atoms with Crippen LogP contribution in [0.1, 0.15) is 22.7 Å². The summed E-state index contributed by atoms with van der Waals surface area (Å²) in [7, 11) is 0. The summed E-state index contributed by atoms with van der Waals surface area (Å²) in [6.45, 7) is 6.09. The number of hydrogen-bond acceptors (Lipinski definition) is 5. The van der Waals surface area contributed by atoms with E-state index in [9.17, 15) is 9.18 Å². The van der Waals surface area contributed by atoms with Crippen LogP contribution >= 0.6 is 0 Å². The van der Waals surface area contributed by atoms with E-state index in [0.717, 1.165) is 22.8 Å². The number of fused-ring (bicyclic) bond motifs is 1. The second-order valence-corrected chi connectivity index (χ2v) is 9.23. The fraction of sp³-hybridized carbons (Fsp3) is 0.286. The van der Waals surface area contributed by atoms with Crippen LogP contribution in [0.25, 0.3) is 0 Å². The number of nitrogens with zero attached hydrogens (tertiary/aromatic N) is 3. The maximum Gasteiger partial charge on any atom is 0.242 e. The number of amides is 1. The number of amidine groups is 1. The van der Waals surface area contributed by atoms with Crippen molar-refractivity contribution in [3.63, 3.8) is 0 Å². The van der Waals surface area contributed by atoms with Gasteiger partial charge in [0.25, 0.3) is 0 Å². The monoisotopic (exact) mass is 471 g/mol. The van der Waals surface area contributed by atoms with Crippen LogP contribution in [0.3, 0.4) is 0 Å². The molecular weight excluding hydrogens is 441 g/mol. The normalized spacial score (nSPS) is 19.2. The molecule has 2 unspecified atom stereocenters. The Labute approximate surface area is 205 Å². The second-order valence-electron chi connectivity index (χ2n) is 9.23. The Hall–Kier alpha value is -3.87. The second kappa shape index (κ2) is 9.78. The molecular formula is C28H30FN5O. The zero-order chi connectivity index (χ0) is 24.4. The lowest BCUT2D eigenvalue weighted by Crippen LogP contribution is -2.55. The molecule has 1 saturated heterocycles. The Morgan fingerprint density at radius 3 is 2.20 bits per heavy atom. The third-order valence-electron chi connectivity index (χ3n) is 6.62. The van der Waals surface area contributed by atoms with Crippen LogP contribution < -0.4 is 10.6 Å². The van der Waals surface area contributed by atoms with Gasteiger partial charge in [0.05, 0.1) is 13.1 Å². The van der Waals surface area contributed by atoms with E-state index < -0.39 is 0 Å². The van der Waals surface area contributed by atoms with E-state index in [4.69, 9.17) is 4.99 Å². The van der Waals surface area contributed by atoms with E-state index in [1.165, 1.54) is 23.3 Å². The molecule has 2 aliphatic heterocycles. The van der Waals surface area contributed by atoms with Crippen molar-refractivity contribution in [1.82, 2.24) is 9.80 Å². The van der Waals surface area contributed by atoms with E-state index in [0.29, 0.717) is 19.6 Å². The van der Waals surface area contributed by atoms with Crippen LogP contribution in [0.5, 0.6) is 0 Å². The van der Waals surface area contributed by atoms with Crippen molar-refractivity contribution in [3.8, 4) is 0 Å². The summed E-state index contributed by atoms with van der Waals surface area (Å²) in [5, 5.41) is 6.85. The molecule has 6 nitrogen and oxygen atoms in total. The Morgan fingerprint density at radius 2 is 1.54 bits per heavy atom. The zero-order valence-corrected chi connectivity index (χ0v) is 20.0. The molecule has 2 aliphatic rings. The van der Waals surface area contributed by atoms with Gasteiger partial charge >= 0.3 is 0 Å². The first-order chi connectivity index (χ1) is 17.0. The minimum atomic E-state index is -0.266. The average Bonchev–Trinajstić information content (AvgIpc) is 3.22. The van der Waals surface area contributed by atoms with Crippen LogP contribution in [0, 0.1) is 19.7 Å². The SMILES string of the molecule is Cc1ccc(NCC(=O)N2CCN3C(=NC(c4ccc(F)cc4)C3Nc3ccc(C)cc3)C2)cc1. The van der Waals surface area contributed by atoms with Crippen molar-refractivity contribution in [2.24, 2.45) is 4.99 Å². The third-order valence-corrected chi connectivity index (χ3v) is 6.62. The molecule has 180 valence electrons. The predicted molar refractivity (Wildman–Crippen MR) is 138 cm³/mol. The fourth-order valence-corrected chi connectivity index (χ4v) is 4.58. The number of aliphatic imine (C=N–C) groups is 1. The molecule has 3 aromatic carbocycles. The van der Waals surface area contributed by atoms with Gasteiger partial charge in [0, 0.05) is 24.5 Å². The summed E-state index contributed by atoms with van der Waals surface area (Å²) in [4.78, 5) is 22.1. The number of carbonyl (C=O) groups excluding carboxylic acids is 1. The number of benzene rings is 3. The molecule has 2 atom stereocenters. The van der Waals surface area contributed by atoms with Gasteiger partial charge in [-0.25, -0.2) is 4.39 Å². The van der Waals surface area contributed by atoms with Crippen LogP contribution in [0.15, 0.2) is 77.8 Å². The first-order valence-corrected chi connectivity index (χ1v) is 12.0. The topological polar surface area (TPSA) is 60.0 Å². The maximum atomic E-state index is 13.6. The largest absolute Gasteiger partial charge is 0.376 e. The lowest BCUT2D eigenvalue weighted by molar-refractivity contribution is -0.129. The third kappa shape index (κ3) is 5.14. The standard InChI is InChI=1S/C28H30FN5O/c1-19-3-11-23(12-4-19)30-17-26(35)33-15-16-34-25(18-33)32-27(21-7-9-22(29)10-8-21)28(34)31-24-13-5-20(2)6-14-24/h3-14,27-28,30-31H,15-18H2,1-2H3. The minimum Gasteiger partial charge on any atom is -0.376 e. The zero-order valence-electron chi connectivity index (χ0n) is 20.0. The van der Waals surface area contributed by atoms with Crippen molar-refractivity contribution < 1.29 is 9.18 Å². The highest BCUT2D eigenvalue weighted by atomic mass is 19.1. The van der Waals surface area contributed by atoms with Crippen molar-refractivity contribution in [1.29, 1.82) is 0 Å². The first-order valence-electron chi connectivity index (χ1n) is 12.0. The molecule has 0 radical (unpaired) electrons. The number of rotatable bonds is 6. The van der Waals surface area contributed by atoms with Crippen molar-refractivity contribution in [3.05, 3.63) is 95.3 Å². The lowest BCUT2D eigenvalue weighted by atomic mass is 10.0. The van der Waals surface area contributed by atoms with Gasteiger partial charge in [-0.05, 0) is 55.8 Å². The fourth-order valence-electron chi connectivity index (χ4n) is 4.58. The molecule has 0 bridgehead atoms. The molecule has 0 saturated carbocycles. The molecule has 0 aliphatic carbocycles. The highest BCUT2D eigenvalue weighted by Crippen LogP contribution is 2.34. The molecule has 7 heteroatoms. The van der Waals surface area contributed by atoms with Gasteiger partial charge in [-0.3, -0.25) is 9.79 Å². The van der Waals surface area contributed by atoms with E-state index in [-0.39, 0.29) is 30.5 Å². The smallest absolute Gasteiger partial charge is 0.242 e. The van der Waals surface area contributed by atoms with Crippen LogP contribution in [0.2, 0.25) is 0 Å². The van der Waals surface area contributed by atoms with E-state index in [1.807, 2.05) is 36.1 Å². The number of nitrogens with one attached hydrogen (secondary N) is 2. The van der Waals surface area contributed by atoms with Crippen molar-refractivity contribution >= 4 is 23.1 Å². The van der Waals surface area contributed by atoms with Gasteiger partial charge in [0.1, 0.15) is 23.9 Å². The van der Waals surface area contributed by atoms with E-state index >= 15 is 0 Å². The van der Waals surface area contributed by atoms with E-state index in [1.54, 1.807) is 12.1 Å².